The molecule has 2 fully saturated rings. The van der Waals surface area contributed by atoms with Crippen LogP contribution in [-0.2, 0) is 16.1 Å². The summed E-state index contributed by atoms with van der Waals surface area (Å²) in [7, 11) is 0. The first-order valence-corrected chi connectivity index (χ1v) is 10.9. The number of hydrogen-bond donors (Lipinski definition) is 2. The van der Waals surface area contributed by atoms with E-state index in [4.69, 9.17) is 0 Å². The number of rotatable bonds is 7. The second-order valence-corrected chi connectivity index (χ2v) is 8.58. The molecular formula is C21H35N5O3. The van der Waals surface area contributed by atoms with Crippen LogP contribution in [0.5, 0.6) is 0 Å². The van der Waals surface area contributed by atoms with Crippen LogP contribution in [0.25, 0.3) is 0 Å². The fraction of sp³-hybridized carbons (Fsp3) is 0.762. The average Bonchev–Trinajstić information content (AvgIpc) is 3.11. The number of nitrogens with zero attached hydrogens (tertiary/aromatic N) is 4. The molecule has 162 valence electrons. The maximum absolute atomic E-state index is 12.6. The number of aromatic nitrogens is 2. The van der Waals surface area contributed by atoms with Crippen molar-refractivity contribution in [1.29, 1.82) is 0 Å². The van der Waals surface area contributed by atoms with Crippen LogP contribution in [0.2, 0.25) is 0 Å². The normalized spacial score (nSPS) is 24.3. The van der Waals surface area contributed by atoms with Gasteiger partial charge in [0.1, 0.15) is 0 Å². The third-order valence-electron chi connectivity index (χ3n) is 6.12. The van der Waals surface area contributed by atoms with Crippen molar-refractivity contribution in [3.8, 4) is 0 Å². The molecule has 3 rings (SSSR count). The molecule has 3 heterocycles. The molecule has 1 aromatic heterocycles. The summed E-state index contributed by atoms with van der Waals surface area (Å²) in [6.45, 7) is 6.11. The van der Waals surface area contributed by atoms with E-state index in [1.54, 1.807) is 13.1 Å². The summed E-state index contributed by atoms with van der Waals surface area (Å²) in [4.78, 5) is 28.0. The largest absolute Gasteiger partial charge is 0.388 e. The van der Waals surface area contributed by atoms with E-state index < -0.39 is 5.60 Å². The summed E-state index contributed by atoms with van der Waals surface area (Å²) in [5.41, 5.74) is -0.731. The van der Waals surface area contributed by atoms with Gasteiger partial charge in [0.25, 0.3) is 0 Å². The fourth-order valence-electron chi connectivity index (χ4n) is 4.51. The predicted octanol–water partition coefficient (Wildman–Crippen LogP) is 1.01. The van der Waals surface area contributed by atoms with E-state index >= 15 is 0 Å². The van der Waals surface area contributed by atoms with Crippen LogP contribution in [0.15, 0.2) is 18.5 Å². The minimum Gasteiger partial charge on any atom is -0.388 e. The lowest BCUT2D eigenvalue weighted by Crippen LogP contribution is -2.50. The molecule has 2 amide bonds. The van der Waals surface area contributed by atoms with Crippen molar-refractivity contribution in [1.82, 2.24) is 24.9 Å². The Morgan fingerprint density at radius 2 is 2.00 bits per heavy atom. The van der Waals surface area contributed by atoms with Crippen LogP contribution in [0.1, 0.15) is 51.9 Å². The molecule has 0 spiro atoms. The average molecular weight is 406 g/mol. The number of hydrogen-bond acceptors (Lipinski definition) is 5. The summed E-state index contributed by atoms with van der Waals surface area (Å²) >= 11 is 0. The monoisotopic (exact) mass is 405 g/mol. The molecule has 8 nitrogen and oxygen atoms in total. The Morgan fingerprint density at radius 3 is 2.69 bits per heavy atom. The lowest BCUT2D eigenvalue weighted by molar-refractivity contribution is -0.131. The molecule has 2 N–H and O–H groups in total. The Balaban J connectivity index is 1.40. The van der Waals surface area contributed by atoms with Gasteiger partial charge in [-0.15, -0.1) is 0 Å². The molecule has 0 saturated carbocycles. The van der Waals surface area contributed by atoms with E-state index in [1.807, 2.05) is 21.8 Å². The highest BCUT2D eigenvalue weighted by Gasteiger charge is 2.34. The zero-order chi connectivity index (χ0) is 20.7. The number of carbonyl (C=O) groups excluding carboxylic acids is 2. The molecule has 29 heavy (non-hydrogen) atoms. The molecule has 0 aromatic carbocycles. The van der Waals surface area contributed by atoms with Crippen molar-refractivity contribution in [3.05, 3.63) is 18.5 Å². The van der Waals surface area contributed by atoms with Crippen molar-refractivity contribution >= 4 is 11.8 Å². The lowest BCUT2D eigenvalue weighted by atomic mass is 9.93. The number of β-amino-alcohol motifs (C(OH)–C–C–N with tert-alkyl or cyclic N) is 1. The van der Waals surface area contributed by atoms with Gasteiger partial charge in [-0.3, -0.25) is 14.3 Å². The topological polar surface area (TPSA) is 90.7 Å². The highest BCUT2D eigenvalue weighted by atomic mass is 16.3. The van der Waals surface area contributed by atoms with Crippen molar-refractivity contribution in [2.75, 3.05) is 32.7 Å². The van der Waals surface area contributed by atoms with Gasteiger partial charge in [0, 0.05) is 71.0 Å². The van der Waals surface area contributed by atoms with Gasteiger partial charge in [-0.2, -0.15) is 5.10 Å². The van der Waals surface area contributed by atoms with Gasteiger partial charge >= 0.3 is 0 Å². The summed E-state index contributed by atoms with van der Waals surface area (Å²) < 4.78 is 1.85. The third-order valence-corrected chi connectivity index (χ3v) is 6.12. The van der Waals surface area contributed by atoms with Gasteiger partial charge in [-0.1, -0.05) is 0 Å². The summed E-state index contributed by atoms with van der Waals surface area (Å²) in [6, 6.07) is 2.14. The van der Waals surface area contributed by atoms with Crippen LogP contribution in [0, 0.1) is 0 Å². The Kier molecular flexibility index (Phi) is 7.66. The number of aliphatic hydroxyl groups is 1. The molecule has 8 heteroatoms. The zero-order valence-corrected chi connectivity index (χ0v) is 17.6. The smallest absolute Gasteiger partial charge is 0.222 e. The van der Waals surface area contributed by atoms with Crippen LogP contribution in [0.3, 0.4) is 0 Å². The Bertz CT molecular complexity index is 657. The van der Waals surface area contributed by atoms with E-state index in [0.717, 1.165) is 58.3 Å². The molecule has 0 aliphatic carbocycles. The molecular weight excluding hydrogens is 370 g/mol. The molecule has 0 unspecified atom stereocenters. The maximum Gasteiger partial charge on any atom is 0.222 e. The summed E-state index contributed by atoms with van der Waals surface area (Å²) in [5, 5.41) is 18.3. The highest BCUT2D eigenvalue weighted by molar-refractivity contribution is 5.76. The Hall–Kier alpha value is -1.93. The number of amides is 2. The first-order chi connectivity index (χ1) is 13.9. The second-order valence-electron chi connectivity index (χ2n) is 8.58. The van der Waals surface area contributed by atoms with Gasteiger partial charge in [0.05, 0.1) is 5.60 Å². The molecule has 0 radical (unpaired) electrons. The number of nitrogens with one attached hydrogen (secondary N) is 1. The summed E-state index contributed by atoms with van der Waals surface area (Å²) in [6.07, 6.45) is 9.02. The van der Waals surface area contributed by atoms with Gasteiger partial charge in [-0.05, 0) is 44.6 Å². The van der Waals surface area contributed by atoms with Crippen LogP contribution in [0.4, 0.5) is 0 Å². The number of likely N-dealkylation sites (tertiary alicyclic amines) is 2. The number of aryl methyl sites for hydroxylation is 1. The Labute approximate surface area is 173 Å². The van der Waals surface area contributed by atoms with Crippen LogP contribution in [-0.4, -0.2) is 80.9 Å². The number of carbonyl (C=O) groups is 2. The molecule has 2 saturated heterocycles. The van der Waals surface area contributed by atoms with Gasteiger partial charge in [0.2, 0.25) is 11.8 Å². The van der Waals surface area contributed by atoms with Gasteiger partial charge in [-0.25, -0.2) is 0 Å². The van der Waals surface area contributed by atoms with E-state index in [1.165, 1.54) is 0 Å². The van der Waals surface area contributed by atoms with Crippen LogP contribution >= 0.6 is 0 Å². The van der Waals surface area contributed by atoms with Crippen molar-refractivity contribution in [3.63, 3.8) is 0 Å². The van der Waals surface area contributed by atoms with E-state index in [0.29, 0.717) is 25.9 Å². The lowest BCUT2D eigenvalue weighted by Gasteiger charge is -2.38. The second kappa shape index (κ2) is 10.2. The van der Waals surface area contributed by atoms with E-state index in [2.05, 4.69) is 15.3 Å². The zero-order valence-electron chi connectivity index (χ0n) is 17.6. The standard InChI is InChI=1S/C21H35N5O3/c1-18(27)23-19-6-14-24(15-7-19)17-21(29)8-3-11-25(16-9-21)20(28)5-2-12-26-13-4-10-22-26/h4,10,13,19,29H,2-3,5-9,11-12,14-17H2,1H3,(H,23,27)/t21-/m0/s1. The molecule has 2 aliphatic rings. The van der Waals surface area contributed by atoms with Crippen molar-refractivity contribution in [2.45, 2.75) is 70.1 Å². The SMILES string of the molecule is CC(=O)NC1CCN(C[C@]2(O)CCCN(C(=O)CCCn3cccn3)CC2)CC1. The fourth-order valence-corrected chi connectivity index (χ4v) is 4.51. The van der Waals surface area contributed by atoms with Gasteiger partial charge in [0.15, 0.2) is 0 Å². The molecule has 1 aromatic rings. The van der Waals surface area contributed by atoms with E-state index in [9.17, 15) is 14.7 Å². The summed E-state index contributed by atoms with van der Waals surface area (Å²) in [5.74, 6) is 0.206. The van der Waals surface area contributed by atoms with Crippen molar-refractivity contribution in [2.24, 2.45) is 0 Å². The van der Waals surface area contributed by atoms with E-state index in [-0.39, 0.29) is 17.9 Å². The minimum absolute atomic E-state index is 0.0280. The third kappa shape index (κ3) is 6.82. The molecule has 1 atom stereocenters. The first-order valence-electron chi connectivity index (χ1n) is 10.9. The number of piperidine rings is 1. The highest BCUT2D eigenvalue weighted by Crippen LogP contribution is 2.25. The van der Waals surface area contributed by atoms with Crippen LogP contribution < -0.4 is 5.32 Å². The first kappa shape index (κ1) is 21.8. The molecule has 2 aliphatic heterocycles. The maximum atomic E-state index is 12.6. The quantitative estimate of drug-likeness (QED) is 0.707. The molecule has 0 bridgehead atoms. The Morgan fingerprint density at radius 1 is 1.21 bits per heavy atom. The minimum atomic E-state index is -0.731. The predicted molar refractivity (Wildman–Crippen MR) is 110 cm³/mol. The van der Waals surface area contributed by atoms with Crippen molar-refractivity contribution < 1.29 is 14.7 Å². The van der Waals surface area contributed by atoms with Gasteiger partial charge < -0.3 is 20.2 Å².